The van der Waals surface area contributed by atoms with Gasteiger partial charge in [0, 0.05) is 0 Å². The molecule has 3 heteroatoms. The number of amidine groups is 1. The third-order valence-corrected chi connectivity index (χ3v) is 1.19. The normalized spacial score (nSPS) is 14.0. The van der Waals surface area contributed by atoms with Gasteiger partial charge in [-0.15, -0.1) is 0 Å². The van der Waals surface area contributed by atoms with Gasteiger partial charge >= 0.3 is 0 Å². The Kier molecular flexibility index (Phi) is 3.18. The van der Waals surface area contributed by atoms with Gasteiger partial charge < -0.3 is 5.73 Å². The maximum absolute atomic E-state index is 5.46. The van der Waals surface area contributed by atoms with Gasteiger partial charge in [-0.1, -0.05) is 15.9 Å². The molecular formula is C6H13BrN2. The number of alkyl halides is 1. The Bertz CT molecular complexity index is 113. The van der Waals surface area contributed by atoms with Gasteiger partial charge in [-0.25, -0.2) is 0 Å². The van der Waals surface area contributed by atoms with E-state index >= 15 is 0 Å². The number of hydrogen-bond acceptors (Lipinski definition) is 1. The molecule has 0 saturated heterocycles. The Labute approximate surface area is 64.7 Å². The predicted octanol–water partition coefficient (Wildman–Crippen LogP) is 1.54. The molecule has 0 atom stereocenters. The number of nitrogens with zero attached hydrogens (tertiary/aromatic N) is 1. The first-order valence-electron chi connectivity index (χ1n) is 2.86. The minimum atomic E-state index is -0.0438. The minimum Gasteiger partial charge on any atom is -0.387 e. The molecule has 0 spiro atoms. The van der Waals surface area contributed by atoms with Gasteiger partial charge in [-0.2, -0.15) is 0 Å². The molecule has 0 aromatic rings. The Morgan fingerprint density at radius 2 is 2.00 bits per heavy atom. The van der Waals surface area contributed by atoms with E-state index in [0.29, 0.717) is 11.2 Å². The standard InChI is InChI=1S/C6H13BrN2/c1-6(2,3)9-5(8)4-7/h4H2,1-3H3,(H2,8,9). The van der Waals surface area contributed by atoms with Crippen molar-refractivity contribution in [3.63, 3.8) is 0 Å². The molecule has 9 heavy (non-hydrogen) atoms. The highest BCUT2D eigenvalue weighted by Crippen LogP contribution is 2.05. The van der Waals surface area contributed by atoms with E-state index in [1.165, 1.54) is 0 Å². The summed E-state index contributed by atoms with van der Waals surface area (Å²) in [4.78, 5) is 4.18. The summed E-state index contributed by atoms with van der Waals surface area (Å²) in [6.07, 6.45) is 0. The van der Waals surface area contributed by atoms with E-state index in [2.05, 4.69) is 20.9 Å². The van der Waals surface area contributed by atoms with Crippen molar-refractivity contribution >= 4 is 21.8 Å². The van der Waals surface area contributed by atoms with Crippen LogP contribution in [0.5, 0.6) is 0 Å². The molecule has 0 aliphatic rings. The number of hydrogen-bond donors (Lipinski definition) is 1. The first kappa shape index (κ1) is 8.95. The van der Waals surface area contributed by atoms with E-state index in [0.717, 1.165) is 0 Å². The zero-order valence-electron chi connectivity index (χ0n) is 6.11. The number of aliphatic imine (C=N–C) groups is 1. The number of rotatable bonds is 1. The molecule has 0 saturated carbocycles. The summed E-state index contributed by atoms with van der Waals surface area (Å²) in [7, 11) is 0. The lowest BCUT2D eigenvalue weighted by Crippen LogP contribution is -2.21. The van der Waals surface area contributed by atoms with Crippen molar-refractivity contribution in [3.8, 4) is 0 Å². The molecule has 0 bridgehead atoms. The summed E-state index contributed by atoms with van der Waals surface area (Å²) in [5.41, 5.74) is 5.42. The van der Waals surface area contributed by atoms with Crippen molar-refractivity contribution in [1.29, 1.82) is 0 Å². The summed E-state index contributed by atoms with van der Waals surface area (Å²) in [6, 6.07) is 0. The SMILES string of the molecule is CC(C)(C)N=C(N)CBr. The first-order chi connectivity index (χ1) is 3.95. The molecule has 0 amide bonds. The number of halogens is 1. The molecule has 0 aliphatic carbocycles. The van der Waals surface area contributed by atoms with Crippen molar-refractivity contribution in [2.75, 3.05) is 5.33 Å². The maximum atomic E-state index is 5.46. The molecule has 54 valence electrons. The van der Waals surface area contributed by atoms with Gasteiger partial charge in [0.05, 0.1) is 10.9 Å². The molecule has 2 N–H and O–H groups in total. The van der Waals surface area contributed by atoms with Crippen molar-refractivity contribution in [3.05, 3.63) is 0 Å². The second-order valence-corrected chi connectivity index (χ2v) is 3.47. The van der Waals surface area contributed by atoms with E-state index in [9.17, 15) is 0 Å². The highest BCUT2D eigenvalue weighted by Gasteiger charge is 2.06. The maximum Gasteiger partial charge on any atom is 0.105 e. The van der Waals surface area contributed by atoms with Crippen molar-refractivity contribution in [1.82, 2.24) is 0 Å². The molecule has 0 aromatic carbocycles. The smallest absolute Gasteiger partial charge is 0.105 e. The fourth-order valence-corrected chi connectivity index (χ4v) is 0.586. The van der Waals surface area contributed by atoms with Crippen LogP contribution in [0.3, 0.4) is 0 Å². The van der Waals surface area contributed by atoms with E-state index in [4.69, 9.17) is 5.73 Å². The first-order valence-corrected chi connectivity index (χ1v) is 3.98. The highest BCUT2D eigenvalue weighted by atomic mass is 79.9. The van der Waals surface area contributed by atoms with Crippen LogP contribution in [-0.2, 0) is 0 Å². The molecule has 0 rings (SSSR count). The molecule has 2 nitrogen and oxygen atoms in total. The second-order valence-electron chi connectivity index (χ2n) is 2.91. The Morgan fingerprint density at radius 3 is 2.11 bits per heavy atom. The van der Waals surface area contributed by atoms with Crippen LogP contribution in [0.2, 0.25) is 0 Å². The second kappa shape index (κ2) is 3.20. The van der Waals surface area contributed by atoms with Gasteiger partial charge in [0.1, 0.15) is 5.84 Å². The lowest BCUT2D eigenvalue weighted by Gasteiger charge is -2.12. The molecule has 0 aliphatic heterocycles. The highest BCUT2D eigenvalue weighted by molar-refractivity contribution is 9.09. The van der Waals surface area contributed by atoms with Crippen LogP contribution in [0.25, 0.3) is 0 Å². The zero-order chi connectivity index (χ0) is 7.49. The fourth-order valence-electron chi connectivity index (χ4n) is 0.461. The van der Waals surface area contributed by atoms with Crippen LogP contribution < -0.4 is 5.73 Å². The topological polar surface area (TPSA) is 38.4 Å². The summed E-state index contributed by atoms with van der Waals surface area (Å²) in [6.45, 7) is 6.05. The average Bonchev–Trinajstić information content (AvgIpc) is 1.62. The van der Waals surface area contributed by atoms with Crippen LogP contribution in [0.1, 0.15) is 20.8 Å². The molecule has 0 unspecified atom stereocenters. The summed E-state index contributed by atoms with van der Waals surface area (Å²) in [5, 5.41) is 0.657. The largest absolute Gasteiger partial charge is 0.387 e. The van der Waals surface area contributed by atoms with Crippen molar-refractivity contribution in [2.45, 2.75) is 26.3 Å². The summed E-state index contributed by atoms with van der Waals surface area (Å²) >= 11 is 3.21. The van der Waals surface area contributed by atoms with Gasteiger partial charge in [-0.05, 0) is 20.8 Å². The van der Waals surface area contributed by atoms with Crippen LogP contribution in [-0.4, -0.2) is 16.7 Å². The summed E-state index contributed by atoms with van der Waals surface area (Å²) < 4.78 is 0. The molecular weight excluding hydrogens is 180 g/mol. The molecule has 0 radical (unpaired) electrons. The monoisotopic (exact) mass is 192 g/mol. The van der Waals surface area contributed by atoms with Gasteiger partial charge in [0.25, 0.3) is 0 Å². The average molecular weight is 193 g/mol. The Hall–Kier alpha value is -0.0500. The molecule has 0 aromatic heterocycles. The van der Waals surface area contributed by atoms with E-state index < -0.39 is 0 Å². The Morgan fingerprint density at radius 1 is 1.56 bits per heavy atom. The third kappa shape index (κ3) is 5.83. The predicted molar refractivity (Wildman–Crippen MR) is 45.2 cm³/mol. The molecule has 0 heterocycles. The quantitative estimate of drug-likeness (QED) is 0.383. The van der Waals surface area contributed by atoms with Crippen molar-refractivity contribution < 1.29 is 0 Å². The van der Waals surface area contributed by atoms with Crippen LogP contribution in [0.4, 0.5) is 0 Å². The number of nitrogens with two attached hydrogens (primary N) is 1. The third-order valence-electron chi connectivity index (χ3n) is 0.616. The summed E-state index contributed by atoms with van der Waals surface area (Å²) in [5.74, 6) is 0.655. The van der Waals surface area contributed by atoms with E-state index in [1.807, 2.05) is 20.8 Å². The van der Waals surface area contributed by atoms with Gasteiger partial charge in [-0.3, -0.25) is 4.99 Å². The van der Waals surface area contributed by atoms with Crippen LogP contribution in [0.15, 0.2) is 4.99 Å². The fraction of sp³-hybridized carbons (Fsp3) is 0.833. The zero-order valence-corrected chi connectivity index (χ0v) is 7.70. The molecule has 0 fully saturated rings. The van der Waals surface area contributed by atoms with Gasteiger partial charge in [0.2, 0.25) is 0 Å². The Balaban J connectivity index is 3.95. The van der Waals surface area contributed by atoms with Crippen LogP contribution >= 0.6 is 15.9 Å². The lowest BCUT2D eigenvalue weighted by molar-refractivity contribution is 0.583. The van der Waals surface area contributed by atoms with Crippen molar-refractivity contribution in [2.24, 2.45) is 10.7 Å². The van der Waals surface area contributed by atoms with Gasteiger partial charge in [0.15, 0.2) is 0 Å². The van der Waals surface area contributed by atoms with Crippen LogP contribution in [0, 0.1) is 0 Å². The van der Waals surface area contributed by atoms with E-state index in [1.54, 1.807) is 0 Å². The minimum absolute atomic E-state index is 0.0438. The lowest BCUT2D eigenvalue weighted by atomic mass is 10.1. The van der Waals surface area contributed by atoms with E-state index in [-0.39, 0.29) is 5.54 Å².